The zero-order valence-electron chi connectivity index (χ0n) is 9.72. The molecule has 3 nitrogen and oxygen atoms in total. The van der Waals surface area contributed by atoms with Crippen LogP contribution in [0.4, 0.5) is 0 Å². The molecule has 0 amide bonds. The molecular weight excluding hydrogens is 289 g/mol. The first-order valence-corrected chi connectivity index (χ1v) is 6.48. The maximum Gasteiger partial charge on any atom is 0.176 e. The lowest BCUT2D eigenvalue weighted by Crippen LogP contribution is -2.25. The number of hydrogen-bond donors (Lipinski definition) is 0. The minimum absolute atomic E-state index is 0.126. The van der Waals surface area contributed by atoms with Gasteiger partial charge in [0, 0.05) is 5.88 Å². The van der Waals surface area contributed by atoms with Crippen LogP contribution in [0.3, 0.4) is 0 Å². The normalized spacial score (nSPS) is 11.5. The first kappa shape index (κ1) is 13.5. The van der Waals surface area contributed by atoms with Crippen LogP contribution in [-0.2, 0) is 12.0 Å². The van der Waals surface area contributed by atoms with E-state index < -0.39 is 0 Å². The summed E-state index contributed by atoms with van der Waals surface area (Å²) in [5, 5.41) is 13.3. The molecule has 1 rings (SSSR count). The van der Waals surface area contributed by atoms with Gasteiger partial charge >= 0.3 is 0 Å². The van der Waals surface area contributed by atoms with Gasteiger partial charge in [0.15, 0.2) is 5.69 Å². The van der Waals surface area contributed by atoms with Crippen molar-refractivity contribution >= 4 is 27.5 Å². The van der Waals surface area contributed by atoms with E-state index in [0.717, 1.165) is 23.0 Å². The lowest BCUT2D eigenvalue weighted by atomic mass is 10.1. The summed E-state index contributed by atoms with van der Waals surface area (Å²) < 4.78 is 2.71. The SMILES string of the molecule is CC(C)(C)n1nc(C#N)c(Br)c1CCCCl. The average Bonchev–Trinajstić information content (AvgIpc) is 2.52. The van der Waals surface area contributed by atoms with Crippen molar-refractivity contribution in [2.24, 2.45) is 0 Å². The molecule has 0 aliphatic rings. The minimum Gasteiger partial charge on any atom is -0.262 e. The Hall–Kier alpha value is -0.530. The molecule has 1 heterocycles. The van der Waals surface area contributed by atoms with Gasteiger partial charge in [0.25, 0.3) is 0 Å². The van der Waals surface area contributed by atoms with Gasteiger partial charge in [-0.15, -0.1) is 11.6 Å². The zero-order valence-corrected chi connectivity index (χ0v) is 12.1. The second kappa shape index (κ2) is 5.20. The van der Waals surface area contributed by atoms with Crippen molar-refractivity contribution in [3.05, 3.63) is 15.9 Å². The van der Waals surface area contributed by atoms with Crippen LogP contribution >= 0.6 is 27.5 Å². The van der Waals surface area contributed by atoms with Crippen molar-refractivity contribution in [3.8, 4) is 6.07 Å². The van der Waals surface area contributed by atoms with E-state index in [2.05, 4.69) is 47.9 Å². The Balaban J connectivity index is 3.21. The van der Waals surface area contributed by atoms with Crippen molar-refractivity contribution in [1.29, 1.82) is 5.26 Å². The van der Waals surface area contributed by atoms with Crippen LogP contribution in [0, 0.1) is 11.3 Å². The standard InChI is InChI=1S/C11H15BrClN3/c1-11(2,3)16-9(5-4-6-13)10(12)8(7-14)15-16/h4-6H2,1-3H3. The van der Waals surface area contributed by atoms with E-state index in [4.69, 9.17) is 16.9 Å². The fourth-order valence-electron chi connectivity index (χ4n) is 1.51. The van der Waals surface area contributed by atoms with Gasteiger partial charge < -0.3 is 0 Å². The molecular formula is C11H15BrClN3. The maximum atomic E-state index is 8.97. The van der Waals surface area contributed by atoms with Crippen LogP contribution in [-0.4, -0.2) is 15.7 Å². The van der Waals surface area contributed by atoms with E-state index in [9.17, 15) is 0 Å². The zero-order chi connectivity index (χ0) is 12.3. The summed E-state index contributed by atoms with van der Waals surface area (Å²) in [5.41, 5.74) is 1.36. The Kier molecular flexibility index (Phi) is 4.40. The Labute approximate surface area is 110 Å². The average molecular weight is 305 g/mol. The molecule has 0 fully saturated rings. The molecule has 5 heteroatoms. The summed E-state index contributed by atoms with van der Waals surface area (Å²) in [7, 11) is 0. The highest BCUT2D eigenvalue weighted by atomic mass is 79.9. The van der Waals surface area contributed by atoms with Gasteiger partial charge in [-0.2, -0.15) is 10.4 Å². The Morgan fingerprint density at radius 3 is 2.56 bits per heavy atom. The highest BCUT2D eigenvalue weighted by molar-refractivity contribution is 9.10. The molecule has 0 spiro atoms. The Morgan fingerprint density at radius 1 is 1.50 bits per heavy atom. The van der Waals surface area contributed by atoms with Gasteiger partial charge in [0.2, 0.25) is 0 Å². The van der Waals surface area contributed by atoms with Crippen LogP contribution in [0.2, 0.25) is 0 Å². The summed E-state index contributed by atoms with van der Waals surface area (Å²) in [4.78, 5) is 0. The first-order valence-electron chi connectivity index (χ1n) is 5.15. The fourth-order valence-corrected chi connectivity index (χ4v) is 2.18. The van der Waals surface area contributed by atoms with Gasteiger partial charge in [-0.1, -0.05) is 0 Å². The predicted molar refractivity (Wildman–Crippen MR) is 68.7 cm³/mol. The summed E-state index contributed by atoms with van der Waals surface area (Å²) in [6.07, 6.45) is 1.71. The quantitative estimate of drug-likeness (QED) is 0.803. The van der Waals surface area contributed by atoms with E-state index in [-0.39, 0.29) is 5.54 Å². The molecule has 88 valence electrons. The van der Waals surface area contributed by atoms with Crippen molar-refractivity contribution in [1.82, 2.24) is 9.78 Å². The van der Waals surface area contributed by atoms with Crippen LogP contribution in [0.25, 0.3) is 0 Å². The molecule has 1 aromatic heterocycles. The van der Waals surface area contributed by atoms with Crippen molar-refractivity contribution in [2.75, 3.05) is 5.88 Å². The Morgan fingerprint density at radius 2 is 2.12 bits per heavy atom. The number of aromatic nitrogens is 2. The van der Waals surface area contributed by atoms with E-state index in [0.29, 0.717) is 11.6 Å². The highest BCUT2D eigenvalue weighted by Crippen LogP contribution is 2.27. The maximum absolute atomic E-state index is 8.97. The van der Waals surface area contributed by atoms with Crippen LogP contribution < -0.4 is 0 Å². The van der Waals surface area contributed by atoms with E-state index in [1.54, 1.807) is 0 Å². The highest BCUT2D eigenvalue weighted by Gasteiger charge is 2.23. The van der Waals surface area contributed by atoms with Gasteiger partial charge in [0.1, 0.15) is 6.07 Å². The predicted octanol–water partition coefficient (Wildman–Crippen LogP) is 3.44. The van der Waals surface area contributed by atoms with E-state index >= 15 is 0 Å². The third-order valence-corrected chi connectivity index (χ3v) is 3.31. The molecule has 0 atom stereocenters. The lowest BCUT2D eigenvalue weighted by molar-refractivity contribution is 0.342. The monoisotopic (exact) mass is 303 g/mol. The van der Waals surface area contributed by atoms with Gasteiger partial charge in [-0.3, -0.25) is 4.68 Å². The number of nitrogens with zero attached hydrogens (tertiary/aromatic N) is 3. The fraction of sp³-hybridized carbons (Fsp3) is 0.636. The third kappa shape index (κ3) is 2.78. The Bertz CT molecular complexity index is 412. The summed E-state index contributed by atoms with van der Waals surface area (Å²) in [6.45, 7) is 6.20. The number of hydrogen-bond acceptors (Lipinski definition) is 2. The van der Waals surface area contributed by atoms with Crippen LogP contribution in [0.5, 0.6) is 0 Å². The molecule has 0 aliphatic carbocycles. The van der Waals surface area contributed by atoms with Gasteiger partial charge in [0.05, 0.1) is 15.7 Å². The van der Waals surface area contributed by atoms with Gasteiger partial charge in [-0.05, 0) is 49.5 Å². The molecule has 0 aromatic carbocycles. The van der Waals surface area contributed by atoms with Crippen LogP contribution in [0.15, 0.2) is 4.47 Å². The number of rotatable bonds is 3. The smallest absolute Gasteiger partial charge is 0.176 e. The number of halogens is 2. The second-order valence-corrected chi connectivity index (χ2v) is 5.77. The molecule has 0 unspecified atom stereocenters. The lowest BCUT2D eigenvalue weighted by Gasteiger charge is -2.22. The molecule has 0 radical (unpaired) electrons. The summed E-state index contributed by atoms with van der Waals surface area (Å²) in [6, 6.07) is 2.09. The second-order valence-electron chi connectivity index (χ2n) is 4.60. The molecule has 16 heavy (non-hydrogen) atoms. The molecule has 1 aromatic rings. The first-order chi connectivity index (χ1) is 7.41. The van der Waals surface area contributed by atoms with E-state index in [1.165, 1.54) is 0 Å². The number of nitriles is 1. The molecule has 0 saturated carbocycles. The minimum atomic E-state index is -0.126. The van der Waals surface area contributed by atoms with Crippen molar-refractivity contribution in [2.45, 2.75) is 39.2 Å². The molecule has 0 N–H and O–H groups in total. The largest absolute Gasteiger partial charge is 0.262 e. The van der Waals surface area contributed by atoms with E-state index in [1.807, 2.05) is 4.68 Å². The molecule has 0 bridgehead atoms. The molecule has 0 saturated heterocycles. The van der Waals surface area contributed by atoms with Crippen molar-refractivity contribution < 1.29 is 0 Å². The van der Waals surface area contributed by atoms with Gasteiger partial charge in [-0.25, -0.2) is 0 Å². The topological polar surface area (TPSA) is 41.6 Å². The summed E-state index contributed by atoms with van der Waals surface area (Å²) in [5.74, 6) is 0.615. The van der Waals surface area contributed by atoms with Crippen molar-refractivity contribution in [3.63, 3.8) is 0 Å². The van der Waals surface area contributed by atoms with Crippen LogP contribution in [0.1, 0.15) is 38.6 Å². The third-order valence-electron chi connectivity index (χ3n) is 2.21. The summed E-state index contributed by atoms with van der Waals surface area (Å²) >= 11 is 9.14. The molecule has 0 aliphatic heterocycles. The number of alkyl halides is 1.